The van der Waals surface area contributed by atoms with Gasteiger partial charge in [0.1, 0.15) is 0 Å². The largest absolute Gasteiger partial charge is 0.481 e. The van der Waals surface area contributed by atoms with Gasteiger partial charge in [-0.1, -0.05) is 22.0 Å². The van der Waals surface area contributed by atoms with Gasteiger partial charge in [-0.15, -0.1) is 0 Å². The minimum atomic E-state index is -0.835. The fourth-order valence-electron chi connectivity index (χ4n) is 1.28. The Kier molecular flexibility index (Phi) is 4.42. The van der Waals surface area contributed by atoms with Crippen molar-refractivity contribution in [1.29, 1.82) is 0 Å². The van der Waals surface area contributed by atoms with Crippen LogP contribution in [0.2, 0.25) is 0 Å². The van der Waals surface area contributed by atoms with E-state index in [1.54, 1.807) is 6.07 Å². The average Bonchev–Trinajstić information content (AvgIpc) is 2.19. The lowest BCUT2D eigenvalue weighted by atomic mass is 10.1. The minimum absolute atomic E-state index is 0.0221. The summed E-state index contributed by atoms with van der Waals surface area (Å²) < 4.78 is 0.645. The first kappa shape index (κ1) is 12.6. The number of hydrogen-bond donors (Lipinski definition) is 1. The topological polar surface area (TPSA) is 80.4 Å². The average molecular weight is 288 g/mol. The van der Waals surface area contributed by atoms with Crippen molar-refractivity contribution in [2.45, 2.75) is 19.3 Å². The predicted octanol–water partition coefficient (Wildman–Crippen LogP) is 2.76. The molecule has 0 aliphatic rings. The summed E-state index contributed by atoms with van der Waals surface area (Å²) in [5.74, 6) is -0.835. The van der Waals surface area contributed by atoms with Crippen molar-refractivity contribution in [2.24, 2.45) is 0 Å². The highest BCUT2D eigenvalue weighted by Crippen LogP contribution is 2.24. The molecule has 86 valence electrons. The Balaban J connectivity index is 2.68. The number of hydrogen-bond acceptors (Lipinski definition) is 3. The monoisotopic (exact) mass is 287 g/mol. The number of rotatable bonds is 5. The second-order valence-corrected chi connectivity index (χ2v) is 4.13. The summed E-state index contributed by atoms with van der Waals surface area (Å²) in [6.07, 6.45) is 1.21. The van der Waals surface area contributed by atoms with Crippen LogP contribution in [0.5, 0.6) is 0 Å². The molecule has 0 bridgehead atoms. The van der Waals surface area contributed by atoms with Crippen molar-refractivity contribution in [3.8, 4) is 0 Å². The maximum Gasteiger partial charge on any atom is 0.303 e. The van der Waals surface area contributed by atoms with Gasteiger partial charge in [0.05, 0.1) is 4.92 Å². The molecular weight excluding hydrogens is 278 g/mol. The van der Waals surface area contributed by atoms with Gasteiger partial charge in [-0.3, -0.25) is 14.9 Å². The molecule has 1 rings (SSSR count). The maximum absolute atomic E-state index is 10.5. The molecule has 0 amide bonds. The molecule has 1 aromatic rings. The first-order valence-corrected chi connectivity index (χ1v) is 5.44. The van der Waals surface area contributed by atoms with Crippen LogP contribution in [0.1, 0.15) is 18.4 Å². The van der Waals surface area contributed by atoms with E-state index in [1.807, 2.05) is 0 Å². The molecule has 0 saturated carbocycles. The first-order valence-electron chi connectivity index (χ1n) is 4.65. The fraction of sp³-hybridized carbons (Fsp3) is 0.300. The molecule has 1 aromatic carbocycles. The van der Waals surface area contributed by atoms with Crippen LogP contribution in [-0.2, 0) is 11.2 Å². The Labute approximate surface area is 100 Å². The van der Waals surface area contributed by atoms with Gasteiger partial charge in [0.2, 0.25) is 0 Å². The number of carboxylic acid groups (broad SMARTS) is 1. The zero-order chi connectivity index (χ0) is 12.1. The van der Waals surface area contributed by atoms with Crippen LogP contribution < -0.4 is 0 Å². The molecule has 6 heteroatoms. The SMILES string of the molecule is O=C(O)CCCc1ccc([N+](=O)[O-])cc1Br. The van der Waals surface area contributed by atoms with Crippen LogP contribution in [0.25, 0.3) is 0 Å². The molecule has 0 aromatic heterocycles. The Morgan fingerprint density at radius 3 is 2.69 bits per heavy atom. The van der Waals surface area contributed by atoms with E-state index in [-0.39, 0.29) is 12.1 Å². The second-order valence-electron chi connectivity index (χ2n) is 3.28. The lowest BCUT2D eigenvalue weighted by molar-refractivity contribution is -0.384. The van der Waals surface area contributed by atoms with Crippen molar-refractivity contribution in [2.75, 3.05) is 0 Å². The van der Waals surface area contributed by atoms with Gasteiger partial charge in [0, 0.05) is 23.0 Å². The third-order valence-corrected chi connectivity index (χ3v) is 2.82. The standard InChI is InChI=1S/C10H10BrNO4/c11-9-6-8(12(15)16)5-4-7(9)2-1-3-10(13)14/h4-6H,1-3H2,(H,13,14). The summed E-state index contributed by atoms with van der Waals surface area (Å²) in [5.41, 5.74) is 0.903. The van der Waals surface area contributed by atoms with Gasteiger partial charge in [0.15, 0.2) is 0 Å². The quantitative estimate of drug-likeness (QED) is 0.667. The molecule has 0 aliphatic carbocycles. The number of nitrogens with zero attached hydrogens (tertiary/aromatic N) is 1. The van der Waals surface area contributed by atoms with Crippen LogP contribution in [-0.4, -0.2) is 16.0 Å². The van der Waals surface area contributed by atoms with E-state index in [4.69, 9.17) is 5.11 Å². The van der Waals surface area contributed by atoms with Crippen molar-refractivity contribution in [1.82, 2.24) is 0 Å². The lowest BCUT2D eigenvalue weighted by Gasteiger charge is -2.02. The number of aryl methyl sites for hydroxylation is 1. The van der Waals surface area contributed by atoms with E-state index in [1.165, 1.54) is 12.1 Å². The summed E-state index contributed by atoms with van der Waals surface area (Å²) >= 11 is 3.23. The van der Waals surface area contributed by atoms with E-state index in [9.17, 15) is 14.9 Å². The molecule has 0 heterocycles. The molecule has 0 spiro atoms. The van der Waals surface area contributed by atoms with Crippen LogP contribution in [0, 0.1) is 10.1 Å². The highest BCUT2D eigenvalue weighted by atomic mass is 79.9. The van der Waals surface area contributed by atoms with E-state index in [0.717, 1.165) is 5.56 Å². The van der Waals surface area contributed by atoms with Crippen molar-refractivity contribution in [3.63, 3.8) is 0 Å². The van der Waals surface area contributed by atoms with Gasteiger partial charge in [-0.2, -0.15) is 0 Å². The van der Waals surface area contributed by atoms with Crippen molar-refractivity contribution >= 4 is 27.6 Å². The van der Waals surface area contributed by atoms with Crippen LogP contribution in [0.3, 0.4) is 0 Å². The van der Waals surface area contributed by atoms with Crippen LogP contribution >= 0.6 is 15.9 Å². The molecule has 16 heavy (non-hydrogen) atoms. The van der Waals surface area contributed by atoms with E-state index in [2.05, 4.69) is 15.9 Å². The third kappa shape index (κ3) is 3.62. The number of nitro groups is 1. The lowest BCUT2D eigenvalue weighted by Crippen LogP contribution is -1.97. The first-order chi connectivity index (χ1) is 7.50. The van der Waals surface area contributed by atoms with Gasteiger partial charge in [-0.05, 0) is 18.4 Å². The maximum atomic E-state index is 10.5. The highest BCUT2D eigenvalue weighted by molar-refractivity contribution is 9.10. The molecule has 0 atom stereocenters. The molecule has 0 unspecified atom stereocenters. The fourth-order valence-corrected chi connectivity index (χ4v) is 1.85. The number of aliphatic carboxylic acids is 1. The molecule has 0 radical (unpaired) electrons. The molecule has 1 N–H and O–H groups in total. The second kappa shape index (κ2) is 5.60. The van der Waals surface area contributed by atoms with Crippen molar-refractivity contribution < 1.29 is 14.8 Å². The zero-order valence-electron chi connectivity index (χ0n) is 8.35. The normalized spacial score (nSPS) is 10.1. The van der Waals surface area contributed by atoms with E-state index >= 15 is 0 Å². The number of carboxylic acids is 1. The van der Waals surface area contributed by atoms with Gasteiger partial charge < -0.3 is 5.11 Å². The number of benzene rings is 1. The highest BCUT2D eigenvalue weighted by Gasteiger charge is 2.09. The van der Waals surface area contributed by atoms with E-state index in [0.29, 0.717) is 17.3 Å². The van der Waals surface area contributed by atoms with Gasteiger partial charge >= 0.3 is 5.97 Å². The smallest absolute Gasteiger partial charge is 0.303 e. The number of carbonyl (C=O) groups is 1. The van der Waals surface area contributed by atoms with Gasteiger partial charge in [0.25, 0.3) is 5.69 Å². The Morgan fingerprint density at radius 2 is 2.19 bits per heavy atom. The zero-order valence-corrected chi connectivity index (χ0v) is 9.94. The Bertz CT molecular complexity index is 419. The van der Waals surface area contributed by atoms with Crippen molar-refractivity contribution in [3.05, 3.63) is 38.3 Å². The summed E-state index contributed by atoms with van der Waals surface area (Å²) in [4.78, 5) is 20.3. The van der Waals surface area contributed by atoms with Gasteiger partial charge in [-0.25, -0.2) is 0 Å². The minimum Gasteiger partial charge on any atom is -0.481 e. The van der Waals surface area contributed by atoms with E-state index < -0.39 is 10.9 Å². The third-order valence-electron chi connectivity index (χ3n) is 2.08. The molecule has 0 saturated heterocycles. The predicted molar refractivity (Wildman–Crippen MR) is 61.4 cm³/mol. The number of nitro benzene ring substituents is 1. The van der Waals surface area contributed by atoms with Crippen LogP contribution in [0.4, 0.5) is 5.69 Å². The summed E-state index contributed by atoms with van der Waals surface area (Å²) in [5, 5.41) is 19.0. The number of halogens is 1. The molecular formula is C10H10BrNO4. The Morgan fingerprint density at radius 1 is 1.50 bits per heavy atom. The summed E-state index contributed by atoms with van der Waals surface area (Å²) in [6, 6.07) is 4.49. The number of non-ortho nitro benzene ring substituents is 1. The summed E-state index contributed by atoms with van der Waals surface area (Å²) in [6.45, 7) is 0. The van der Waals surface area contributed by atoms with Crippen LogP contribution in [0.15, 0.2) is 22.7 Å². The Hall–Kier alpha value is -1.43. The molecule has 0 fully saturated rings. The molecule has 5 nitrogen and oxygen atoms in total. The molecule has 0 aliphatic heterocycles. The summed E-state index contributed by atoms with van der Waals surface area (Å²) in [7, 11) is 0.